The molecule has 0 saturated heterocycles. The van der Waals surface area contributed by atoms with Crippen molar-refractivity contribution in [1.29, 1.82) is 0 Å². The van der Waals surface area contributed by atoms with Crippen LogP contribution < -0.4 is 5.32 Å². The summed E-state index contributed by atoms with van der Waals surface area (Å²) in [5, 5.41) is 3.26. The Hall–Kier alpha value is -0.0800. The molecule has 78 valence electrons. The second-order valence-electron chi connectivity index (χ2n) is 4.31. The van der Waals surface area contributed by atoms with Crippen LogP contribution in [-0.2, 0) is 4.74 Å². The predicted octanol–water partition coefficient (Wildman–Crippen LogP) is 2.19. The van der Waals surface area contributed by atoms with Crippen molar-refractivity contribution < 1.29 is 4.74 Å². The van der Waals surface area contributed by atoms with Crippen LogP contribution in [0.3, 0.4) is 0 Å². The fourth-order valence-corrected chi connectivity index (χ4v) is 1.81. The Balaban J connectivity index is 1.95. The molecule has 0 aromatic rings. The fraction of sp³-hybridized carbons (Fsp3) is 1.00. The van der Waals surface area contributed by atoms with E-state index < -0.39 is 0 Å². The van der Waals surface area contributed by atoms with Gasteiger partial charge in [0.1, 0.15) is 0 Å². The number of rotatable bonds is 6. The molecule has 0 heterocycles. The van der Waals surface area contributed by atoms with Crippen molar-refractivity contribution in [3.05, 3.63) is 0 Å². The summed E-state index contributed by atoms with van der Waals surface area (Å²) in [7, 11) is 2.03. The zero-order chi connectivity index (χ0) is 9.68. The lowest BCUT2D eigenvalue weighted by Gasteiger charge is -2.35. The van der Waals surface area contributed by atoms with Crippen molar-refractivity contribution in [1.82, 2.24) is 5.32 Å². The van der Waals surface area contributed by atoms with Crippen molar-refractivity contribution >= 4 is 0 Å². The summed E-state index contributed by atoms with van der Waals surface area (Å²) in [6, 6.07) is 0.714. The molecule has 1 unspecified atom stereocenters. The smallest absolute Gasteiger partial charge is 0.0605 e. The van der Waals surface area contributed by atoms with E-state index in [9.17, 15) is 0 Å². The standard InChI is InChI=1S/C11H23NO/c1-4-5-9(2)8-13-11-6-10(7-11)12-3/h9-12H,4-8H2,1-3H3. The van der Waals surface area contributed by atoms with Gasteiger partial charge in [-0.15, -0.1) is 0 Å². The van der Waals surface area contributed by atoms with Crippen LogP contribution in [0.1, 0.15) is 39.5 Å². The first-order chi connectivity index (χ1) is 6.26. The van der Waals surface area contributed by atoms with E-state index in [0.717, 1.165) is 12.5 Å². The Morgan fingerprint density at radius 1 is 1.46 bits per heavy atom. The lowest BCUT2D eigenvalue weighted by molar-refractivity contribution is -0.0294. The van der Waals surface area contributed by atoms with Gasteiger partial charge in [-0.2, -0.15) is 0 Å². The van der Waals surface area contributed by atoms with E-state index in [-0.39, 0.29) is 0 Å². The van der Waals surface area contributed by atoms with Crippen molar-refractivity contribution in [2.24, 2.45) is 5.92 Å². The number of ether oxygens (including phenoxy) is 1. The summed E-state index contributed by atoms with van der Waals surface area (Å²) in [6.07, 6.45) is 5.51. The van der Waals surface area contributed by atoms with E-state index >= 15 is 0 Å². The van der Waals surface area contributed by atoms with Gasteiger partial charge >= 0.3 is 0 Å². The van der Waals surface area contributed by atoms with Crippen LogP contribution in [-0.4, -0.2) is 25.8 Å². The Morgan fingerprint density at radius 2 is 2.15 bits per heavy atom. The topological polar surface area (TPSA) is 21.3 Å². The average molecular weight is 185 g/mol. The first kappa shape index (κ1) is 11.0. The third-order valence-corrected chi connectivity index (χ3v) is 2.90. The minimum Gasteiger partial charge on any atom is -0.378 e. The van der Waals surface area contributed by atoms with Gasteiger partial charge < -0.3 is 10.1 Å². The quantitative estimate of drug-likeness (QED) is 0.685. The van der Waals surface area contributed by atoms with E-state index in [0.29, 0.717) is 12.1 Å². The van der Waals surface area contributed by atoms with Crippen molar-refractivity contribution in [2.45, 2.75) is 51.7 Å². The molecule has 1 aliphatic rings. The monoisotopic (exact) mass is 185 g/mol. The maximum atomic E-state index is 5.78. The molecule has 1 rings (SSSR count). The van der Waals surface area contributed by atoms with E-state index in [1.165, 1.54) is 25.7 Å². The molecule has 0 amide bonds. The Kier molecular flexibility index (Phi) is 4.74. The predicted molar refractivity (Wildman–Crippen MR) is 55.9 cm³/mol. The molecule has 13 heavy (non-hydrogen) atoms. The lowest BCUT2D eigenvalue weighted by atomic mass is 9.89. The van der Waals surface area contributed by atoms with Gasteiger partial charge in [0, 0.05) is 12.6 Å². The molecule has 2 heteroatoms. The molecule has 0 aromatic carbocycles. The Bertz CT molecular complexity index is 132. The molecule has 0 radical (unpaired) electrons. The molecular formula is C11H23NO. The first-order valence-electron chi connectivity index (χ1n) is 5.55. The van der Waals surface area contributed by atoms with Crippen LogP contribution >= 0.6 is 0 Å². The molecule has 0 spiro atoms. The number of hydrogen-bond donors (Lipinski definition) is 1. The van der Waals surface area contributed by atoms with Crippen LogP contribution in [0, 0.1) is 5.92 Å². The Labute approximate surface area is 82.0 Å². The molecule has 0 aliphatic heterocycles. The summed E-state index contributed by atoms with van der Waals surface area (Å²) in [5.74, 6) is 0.735. The van der Waals surface area contributed by atoms with Crippen LogP contribution in [0.4, 0.5) is 0 Å². The van der Waals surface area contributed by atoms with Gasteiger partial charge in [-0.1, -0.05) is 20.3 Å². The summed E-state index contributed by atoms with van der Waals surface area (Å²) >= 11 is 0. The second kappa shape index (κ2) is 5.61. The van der Waals surface area contributed by atoms with Gasteiger partial charge in [0.2, 0.25) is 0 Å². The minimum absolute atomic E-state index is 0.539. The van der Waals surface area contributed by atoms with Gasteiger partial charge in [-0.3, -0.25) is 0 Å². The number of hydrogen-bond acceptors (Lipinski definition) is 2. The van der Waals surface area contributed by atoms with Crippen LogP contribution in [0.15, 0.2) is 0 Å². The largest absolute Gasteiger partial charge is 0.378 e. The highest BCUT2D eigenvalue weighted by Gasteiger charge is 2.28. The fourth-order valence-electron chi connectivity index (χ4n) is 1.81. The normalized spacial score (nSPS) is 29.8. The summed E-state index contributed by atoms with van der Waals surface area (Å²) in [5.41, 5.74) is 0. The van der Waals surface area contributed by atoms with Gasteiger partial charge in [0.05, 0.1) is 6.10 Å². The van der Waals surface area contributed by atoms with Gasteiger partial charge in [0.25, 0.3) is 0 Å². The van der Waals surface area contributed by atoms with E-state index in [2.05, 4.69) is 19.2 Å². The third-order valence-electron chi connectivity index (χ3n) is 2.90. The molecule has 0 aromatic heterocycles. The SMILES string of the molecule is CCCC(C)COC1CC(NC)C1. The summed E-state index contributed by atoms with van der Waals surface area (Å²) in [6.45, 7) is 5.46. The number of nitrogens with one attached hydrogen (secondary N) is 1. The molecule has 2 nitrogen and oxygen atoms in total. The molecular weight excluding hydrogens is 162 g/mol. The maximum absolute atomic E-state index is 5.78. The highest BCUT2D eigenvalue weighted by Crippen LogP contribution is 2.23. The third kappa shape index (κ3) is 3.65. The molecule has 0 bridgehead atoms. The van der Waals surface area contributed by atoms with Gasteiger partial charge in [-0.25, -0.2) is 0 Å². The Morgan fingerprint density at radius 3 is 2.69 bits per heavy atom. The van der Waals surface area contributed by atoms with E-state index in [1.807, 2.05) is 7.05 Å². The van der Waals surface area contributed by atoms with E-state index in [4.69, 9.17) is 4.74 Å². The van der Waals surface area contributed by atoms with Crippen LogP contribution in [0.2, 0.25) is 0 Å². The molecule has 1 fully saturated rings. The molecule has 1 N–H and O–H groups in total. The van der Waals surface area contributed by atoms with Crippen LogP contribution in [0.5, 0.6) is 0 Å². The van der Waals surface area contributed by atoms with Crippen molar-refractivity contribution in [3.8, 4) is 0 Å². The molecule has 1 aliphatic carbocycles. The minimum atomic E-state index is 0.539. The van der Waals surface area contributed by atoms with E-state index in [1.54, 1.807) is 0 Å². The summed E-state index contributed by atoms with van der Waals surface area (Å²) < 4.78 is 5.78. The lowest BCUT2D eigenvalue weighted by Crippen LogP contribution is -2.44. The first-order valence-corrected chi connectivity index (χ1v) is 5.55. The molecule has 1 saturated carbocycles. The zero-order valence-electron chi connectivity index (χ0n) is 9.18. The van der Waals surface area contributed by atoms with Gasteiger partial charge in [-0.05, 0) is 32.2 Å². The zero-order valence-corrected chi connectivity index (χ0v) is 9.18. The summed E-state index contributed by atoms with van der Waals surface area (Å²) in [4.78, 5) is 0. The second-order valence-corrected chi connectivity index (χ2v) is 4.31. The van der Waals surface area contributed by atoms with Crippen molar-refractivity contribution in [3.63, 3.8) is 0 Å². The van der Waals surface area contributed by atoms with Gasteiger partial charge in [0.15, 0.2) is 0 Å². The average Bonchev–Trinajstić information content (AvgIpc) is 2.02. The molecule has 1 atom stereocenters. The highest BCUT2D eigenvalue weighted by molar-refractivity contribution is 4.84. The van der Waals surface area contributed by atoms with Crippen LogP contribution in [0.25, 0.3) is 0 Å². The maximum Gasteiger partial charge on any atom is 0.0605 e. The highest BCUT2D eigenvalue weighted by atomic mass is 16.5. The van der Waals surface area contributed by atoms with Crippen molar-refractivity contribution in [2.75, 3.05) is 13.7 Å².